The van der Waals surface area contributed by atoms with E-state index in [-0.39, 0.29) is 0 Å². The van der Waals surface area contributed by atoms with Crippen LogP contribution in [0.4, 0.5) is 0 Å². The molecule has 1 saturated carbocycles. The molecule has 1 aromatic rings. The van der Waals surface area contributed by atoms with Gasteiger partial charge in [0.1, 0.15) is 5.76 Å². The van der Waals surface area contributed by atoms with Crippen LogP contribution in [0.15, 0.2) is 10.6 Å². The molecule has 1 aliphatic rings. The molecule has 1 unspecified atom stereocenters. The normalized spacial score (nSPS) is 24.6. The lowest BCUT2D eigenvalue weighted by atomic mass is 9.73. The third kappa shape index (κ3) is 2.64. The van der Waals surface area contributed by atoms with Crippen LogP contribution in [0.1, 0.15) is 51.2 Å². The summed E-state index contributed by atoms with van der Waals surface area (Å²) in [6.45, 7) is 7.39. The summed E-state index contributed by atoms with van der Waals surface area (Å²) >= 11 is 0. The van der Waals surface area contributed by atoms with Crippen molar-refractivity contribution in [2.75, 3.05) is 0 Å². The molecule has 0 radical (unpaired) electrons. The topological polar surface area (TPSA) is 38.1 Å². The van der Waals surface area contributed by atoms with Gasteiger partial charge in [0.25, 0.3) is 0 Å². The van der Waals surface area contributed by atoms with Gasteiger partial charge in [-0.15, -0.1) is 0 Å². The highest BCUT2D eigenvalue weighted by Crippen LogP contribution is 2.35. The van der Waals surface area contributed by atoms with Gasteiger partial charge >= 0.3 is 0 Å². The van der Waals surface area contributed by atoms with Gasteiger partial charge in [0.05, 0.1) is 12.7 Å². The van der Waals surface area contributed by atoms with Gasteiger partial charge in [0, 0.05) is 6.04 Å². The smallest absolute Gasteiger partial charge is 0.208 e. The van der Waals surface area contributed by atoms with E-state index in [2.05, 4.69) is 24.1 Å². The van der Waals surface area contributed by atoms with Gasteiger partial charge in [0.15, 0.2) is 0 Å². The maximum Gasteiger partial charge on any atom is 0.208 e. The first-order chi connectivity index (χ1) is 7.58. The van der Waals surface area contributed by atoms with Crippen LogP contribution < -0.4 is 5.32 Å². The zero-order chi connectivity index (χ0) is 11.6. The van der Waals surface area contributed by atoms with Crippen molar-refractivity contribution in [1.29, 1.82) is 0 Å². The van der Waals surface area contributed by atoms with Crippen LogP contribution in [0.2, 0.25) is 0 Å². The van der Waals surface area contributed by atoms with E-state index in [0.717, 1.165) is 18.2 Å². The van der Waals surface area contributed by atoms with Crippen LogP contribution in [0.5, 0.6) is 0 Å². The summed E-state index contributed by atoms with van der Waals surface area (Å²) in [6, 6.07) is 0.591. The highest BCUT2D eigenvalue weighted by atomic mass is 16.4. The molecule has 1 aliphatic carbocycles. The van der Waals surface area contributed by atoms with Gasteiger partial charge in [0.2, 0.25) is 5.89 Å². The van der Waals surface area contributed by atoms with E-state index in [9.17, 15) is 0 Å². The van der Waals surface area contributed by atoms with Crippen molar-refractivity contribution in [3.63, 3.8) is 0 Å². The quantitative estimate of drug-likeness (QED) is 0.854. The molecule has 1 N–H and O–H groups in total. The first kappa shape index (κ1) is 11.6. The highest BCUT2D eigenvalue weighted by molar-refractivity contribution is 4.93. The fraction of sp³-hybridized carbons (Fsp3) is 0.769. The van der Waals surface area contributed by atoms with Crippen LogP contribution in [0.25, 0.3) is 0 Å². The zero-order valence-corrected chi connectivity index (χ0v) is 10.5. The van der Waals surface area contributed by atoms with Crippen LogP contribution in [0.3, 0.4) is 0 Å². The Kier molecular flexibility index (Phi) is 3.33. The molecule has 2 rings (SSSR count). The number of aryl methyl sites for hydroxylation is 1. The number of hydrogen-bond acceptors (Lipinski definition) is 3. The SMILES string of the molecule is Cc1cnc(CNC2CCCCC2(C)C)o1. The summed E-state index contributed by atoms with van der Waals surface area (Å²) < 4.78 is 5.47. The minimum absolute atomic E-state index is 0.403. The van der Waals surface area contributed by atoms with E-state index in [0.29, 0.717) is 11.5 Å². The predicted molar refractivity (Wildman–Crippen MR) is 64.1 cm³/mol. The van der Waals surface area contributed by atoms with Gasteiger partial charge in [-0.2, -0.15) is 0 Å². The van der Waals surface area contributed by atoms with E-state index < -0.39 is 0 Å². The summed E-state index contributed by atoms with van der Waals surface area (Å²) in [5, 5.41) is 3.59. The second kappa shape index (κ2) is 4.58. The summed E-state index contributed by atoms with van der Waals surface area (Å²) in [7, 11) is 0. The van der Waals surface area contributed by atoms with Crippen LogP contribution in [-0.2, 0) is 6.54 Å². The molecule has 1 aromatic heterocycles. The molecular formula is C13H22N2O. The predicted octanol–water partition coefficient (Wildman–Crippen LogP) is 3.04. The van der Waals surface area contributed by atoms with Crippen molar-refractivity contribution in [3.8, 4) is 0 Å². The molecule has 16 heavy (non-hydrogen) atoms. The lowest BCUT2D eigenvalue weighted by molar-refractivity contribution is 0.163. The fourth-order valence-corrected chi connectivity index (χ4v) is 2.57. The Labute approximate surface area is 97.6 Å². The maximum absolute atomic E-state index is 5.47. The standard InChI is InChI=1S/C13H22N2O/c1-10-8-15-12(16-10)9-14-11-6-4-5-7-13(11,2)3/h8,11,14H,4-7,9H2,1-3H3. The molecule has 0 aliphatic heterocycles. The summed E-state index contributed by atoms with van der Waals surface area (Å²) in [5.74, 6) is 1.69. The second-order valence-electron chi connectivity index (χ2n) is 5.53. The maximum atomic E-state index is 5.47. The van der Waals surface area contributed by atoms with Crippen molar-refractivity contribution >= 4 is 0 Å². The number of oxazole rings is 1. The number of nitrogens with zero attached hydrogens (tertiary/aromatic N) is 1. The van der Waals surface area contributed by atoms with Gasteiger partial charge < -0.3 is 9.73 Å². The molecule has 1 fully saturated rings. The van der Waals surface area contributed by atoms with Gasteiger partial charge in [-0.25, -0.2) is 4.98 Å². The van der Waals surface area contributed by atoms with Crippen LogP contribution in [0, 0.1) is 12.3 Å². The molecule has 90 valence electrons. The van der Waals surface area contributed by atoms with Crippen molar-refractivity contribution in [3.05, 3.63) is 17.8 Å². The Hall–Kier alpha value is -0.830. The molecule has 0 amide bonds. The first-order valence-corrected chi connectivity index (χ1v) is 6.22. The van der Waals surface area contributed by atoms with Crippen molar-refractivity contribution in [2.24, 2.45) is 5.41 Å². The third-order valence-electron chi connectivity index (χ3n) is 3.68. The van der Waals surface area contributed by atoms with Crippen molar-refractivity contribution in [1.82, 2.24) is 10.3 Å². The summed E-state index contributed by atoms with van der Waals surface area (Å²) in [4.78, 5) is 4.22. The average Bonchev–Trinajstić information content (AvgIpc) is 2.62. The van der Waals surface area contributed by atoms with E-state index in [1.54, 1.807) is 6.20 Å². The van der Waals surface area contributed by atoms with Crippen molar-refractivity contribution < 1.29 is 4.42 Å². The number of aromatic nitrogens is 1. The number of nitrogens with one attached hydrogen (secondary N) is 1. The lowest BCUT2D eigenvalue weighted by Gasteiger charge is -2.39. The van der Waals surface area contributed by atoms with E-state index in [1.165, 1.54) is 25.7 Å². The largest absolute Gasteiger partial charge is 0.445 e. The number of hydrogen-bond donors (Lipinski definition) is 1. The monoisotopic (exact) mass is 222 g/mol. The van der Waals surface area contributed by atoms with E-state index in [4.69, 9.17) is 4.42 Å². The molecular weight excluding hydrogens is 200 g/mol. The molecule has 0 bridgehead atoms. The van der Waals surface area contributed by atoms with Crippen molar-refractivity contribution in [2.45, 2.75) is 59.0 Å². The minimum Gasteiger partial charge on any atom is -0.445 e. The zero-order valence-electron chi connectivity index (χ0n) is 10.5. The van der Waals surface area contributed by atoms with Gasteiger partial charge in [-0.3, -0.25) is 0 Å². The minimum atomic E-state index is 0.403. The Morgan fingerprint density at radius 3 is 2.94 bits per heavy atom. The lowest BCUT2D eigenvalue weighted by Crippen LogP contribution is -2.43. The summed E-state index contributed by atoms with van der Waals surface area (Å²) in [6.07, 6.45) is 7.07. The molecule has 3 heteroatoms. The highest BCUT2D eigenvalue weighted by Gasteiger charge is 2.31. The fourth-order valence-electron chi connectivity index (χ4n) is 2.57. The Morgan fingerprint density at radius 1 is 1.50 bits per heavy atom. The Balaban J connectivity index is 1.89. The Bertz CT molecular complexity index is 343. The average molecular weight is 222 g/mol. The van der Waals surface area contributed by atoms with Gasteiger partial charge in [-0.05, 0) is 25.2 Å². The molecule has 1 atom stereocenters. The Morgan fingerprint density at radius 2 is 2.31 bits per heavy atom. The summed E-state index contributed by atoms with van der Waals surface area (Å²) in [5.41, 5.74) is 0.403. The third-order valence-corrected chi connectivity index (χ3v) is 3.68. The molecule has 0 saturated heterocycles. The van der Waals surface area contributed by atoms with Crippen LogP contribution >= 0.6 is 0 Å². The first-order valence-electron chi connectivity index (χ1n) is 6.22. The van der Waals surface area contributed by atoms with Gasteiger partial charge in [-0.1, -0.05) is 26.7 Å². The van der Waals surface area contributed by atoms with Crippen LogP contribution in [-0.4, -0.2) is 11.0 Å². The van der Waals surface area contributed by atoms with E-state index in [1.807, 2.05) is 6.92 Å². The molecule has 0 spiro atoms. The molecule has 1 heterocycles. The number of rotatable bonds is 3. The second-order valence-corrected chi connectivity index (χ2v) is 5.53. The van der Waals surface area contributed by atoms with E-state index >= 15 is 0 Å². The molecule has 0 aromatic carbocycles. The molecule has 3 nitrogen and oxygen atoms in total.